The summed E-state index contributed by atoms with van der Waals surface area (Å²) >= 11 is 0. The largest absolute Gasteiger partial charge is 0.382 e. The van der Waals surface area contributed by atoms with Gasteiger partial charge in [0.25, 0.3) is 5.91 Å². The topological polar surface area (TPSA) is 128 Å². The first kappa shape index (κ1) is 26.1. The van der Waals surface area contributed by atoms with Gasteiger partial charge in [0.15, 0.2) is 0 Å². The van der Waals surface area contributed by atoms with Crippen molar-refractivity contribution in [2.75, 3.05) is 31.3 Å². The molecule has 0 aliphatic carbocycles. The van der Waals surface area contributed by atoms with Crippen LogP contribution in [0.2, 0.25) is 0 Å². The Labute approximate surface area is 226 Å². The quantitative estimate of drug-likeness (QED) is 0.346. The number of fused-ring (bicyclic) bond motifs is 1. The van der Waals surface area contributed by atoms with Crippen molar-refractivity contribution in [1.82, 2.24) is 24.3 Å². The molecule has 0 spiro atoms. The van der Waals surface area contributed by atoms with Crippen molar-refractivity contribution in [3.8, 4) is 11.3 Å². The van der Waals surface area contributed by atoms with Gasteiger partial charge in [-0.2, -0.15) is 0 Å². The number of pyridine rings is 1. The van der Waals surface area contributed by atoms with Crippen LogP contribution < -0.4 is 11.1 Å². The van der Waals surface area contributed by atoms with Crippen molar-refractivity contribution in [1.29, 1.82) is 0 Å². The average molecular weight is 526 g/mol. The highest BCUT2D eigenvalue weighted by atomic mass is 16.5. The first-order chi connectivity index (χ1) is 19.0. The van der Waals surface area contributed by atoms with Gasteiger partial charge in [-0.1, -0.05) is 18.2 Å². The van der Waals surface area contributed by atoms with E-state index in [9.17, 15) is 9.59 Å². The summed E-state index contributed by atoms with van der Waals surface area (Å²) in [5.74, 6) is 1.24. The lowest BCUT2D eigenvalue weighted by atomic mass is 10.0. The monoisotopic (exact) mass is 525 g/mol. The van der Waals surface area contributed by atoms with E-state index < -0.39 is 0 Å². The van der Waals surface area contributed by atoms with Crippen molar-refractivity contribution in [2.24, 2.45) is 0 Å². The number of nitrogens with two attached hydrogens (primary N) is 1. The highest BCUT2D eigenvalue weighted by Crippen LogP contribution is 2.36. The summed E-state index contributed by atoms with van der Waals surface area (Å²) in [5.41, 5.74) is 9.94. The third-order valence-electron chi connectivity index (χ3n) is 6.80. The third-order valence-corrected chi connectivity index (χ3v) is 6.80. The van der Waals surface area contributed by atoms with E-state index in [0.717, 1.165) is 36.2 Å². The molecule has 1 saturated heterocycles. The minimum Gasteiger partial charge on any atom is -0.382 e. The van der Waals surface area contributed by atoms with E-state index >= 15 is 0 Å². The van der Waals surface area contributed by atoms with Gasteiger partial charge in [-0.25, -0.2) is 15.0 Å². The van der Waals surface area contributed by atoms with E-state index in [1.54, 1.807) is 43.8 Å². The number of piperidine rings is 1. The Kier molecular flexibility index (Phi) is 7.64. The van der Waals surface area contributed by atoms with Crippen molar-refractivity contribution in [3.05, 3.63) is 84.1 Å². The molecule has 1 aromatic carbocycles. The van der Waals surface area contributed by atoms with Gasteiger partial charge in [-0.15, -0.1) is 0 Å². The molecular formula is C29H31N7O3. The molecule has 200 valence electrons. The summed E-state index contributed by atoms with van der Waals surface area (Å²) in [6.45, 7) is 2.96. The van der Waals surface area contributed by atoms with Crippen LogP contribution in [-0.2, 0) is 9.53 Å². The van der Waals surface area contributed by atoms with Crippen LogP contribution in [0.5, 0.6) is 0 Å². The zero-order chi connectivity index (χ0) is 27.4. The van der Waals surface area contributed by atoms with Gasteiger partial charge < -0.3 is 20.7 Å². The van der Waals surface area contributed by atoms with E-state index in [1.165, 1.54) is 0 Å². The predicted octanol–water partition coefficient (Wildman–Crippen LogP) is 4.19. The zero-order valence-corrected chi connectivity index (χ0v) is 22.0. The first-order valence-corrected chi connectivity index (χ1v) is 12.9. The zero-order valence-electron chi connectivity index (χ0n) is 22.0. The van der Waals surface area contributed by atoms with Gasteiger partial charge in [-0.05, 0) is 56.0 Å². The lowest BCUT2D eigenvalue weighted by molar-refractivity contribution is -0.130. The first-order valence-electron chi connectivity index (χ1n) is 12.9. The second kappa shape index (κ2) is 11.4. The number of aromatic nitrogens is 4. The summed E-state index contributed by atoms with van der Waals surface area (Å²) in [7, 11) is 1.59. The number of imidazole rings is 1. The molecule has 3 aromatic heterocycles. The molecule has 1 fully saturated rings. The van der Waals surface area contributed by atoms with Crippen LogP contribution in [0.4, 0.5) is 11.6 Å². The highest BCUT2D eigenvalue weighted by Gasteiger charge is 2.31. The fourth-order valence-corrected chi connectivity index (χ4v) is 4.90. The minimum atomic E-state index is -0.255. The Hall–Kier alpha value is -4.57. The number of likely N-dealkylation sites (tertiary alicyclic amines) is 1. The highest BCUT2D eigenvalue weighted by molar-refractivity contribution is 6.04. The number of carbonyl (C=O) groups is 2. The fraction of sp³-hybridized carbons (Fsp3) is 0.276. The number of hydrogen-bond acceptors (Lipinski definition) is 7. The Morgan fingerprint density at radius 1 is 1.15 bits per heavy atom. The number of nitrogens with zero attached hydrogens (tertiary/aromatic N) is 5. The molecule has 0 unspecified atom stereocenters. The van der Waals surface area contributed by atoms with Gasteiger partial charge in [0.2, 0.25) is 5.91 Å². The average Bonchev–Trinajstić information content (AvgIpc) is 3.34. The van der Waals surface area contributed by atoms with E-state index in [2.05, 4.69) is 15.3 Å². The smallest absolute Gasteiger partial charge is 0.256 e. The molecule has 2 amide bonds. The van der Waals surface area contributed by atoms with Crippen molar-refractivity contribution in [3.63, 3.8) is 0 Å². The number of amides is 2. The maximum Gasteiger partial charge on any atom is 0.256 e. The van der Waals surface area contributed by atoms with Gasteiger partial charge in [-0.3, -0.25) is 14.0 Å². The molecule has 4 heterocycles. The van der Waals surface area contributed by atoms with Crippen LogP contribution in [0.3, 0.4) is 0 Å². The minimum absolute atomic E-state index is 0.0736. The molecular weight excluding hydrogens is 494 g/mol. The van der Waals surface area contributed by atoms with E-state index in [1.807, 2.05) is 46.7 Å². The number of nitrogens with one attached hydrogen (secondary N) is 1. The van der Waals surface area contributed by atoms with Crippen molar-refractivity contribution >= 4 is 29.0 Å². The molecule has 5 rings (SSSR count). The van der Waals surface area contributed by atoms with Crippen molar-refractivity contribution in [2.45, 2.75) is 32.2 Å². The number of rotatable bonds is 7. The normalized spacial score (nSPS) is 15.6. The molecule has 0 bridgehead atoms. The molecule has 3 N–H and O–H groups in total. The number of methoxy groups -OCH3 is 1. The molecule has 1 aliphatic rings. The molecule has 1 atom stereocenters. The summed E-state index contributed by atoms with van der Waals surface area (Å²) < 4.78 is 6.98. The number of ether oxygens (including phenoxy) is 1. The van der Waals surface area contributed by atoms with E-state index in [4.69, 9.17) is 15.5 Å². The van der Waals surface area contributed by atoms with Crippen LogP contribution in [0.1, 0.15) is 47.1 Å². The van der Waals surface area contributed by atoms with Gasteiger partial charge in [0.1, 0.15) is 28.7 Å². The van der Waals surface area contributed by atoms with Crippen LogP contribution in [0.25, 0.3) is 16.8 Å². The molecule has 10 heteroatoms. The number of anilines is 2. The fourth-order valence-electron chi connectivity index (χ4n) is 4.90. The standard InChI is InChI=1S/C29H31N7O3/c1-19-12-13-31-23(18-19)33-29(38)21-10-8-20(9-11-21)25-26-27(30)32-14-16-36(26)28(34-25)22-6-3-4-15-35(22)24(37)7-5-17-39-2/h5,7-14,16,18,22H,3-4,6,15,17H2,1-2H3,(H2,30,32)(H,31,33,38)/b7-5+/t22-/m0/s1. The Bertz CT molecular complexity index is 1530. The molecule has 10 nitrogen and oxygen atoms in total. The maximum atomic E-state index is 13.1. The predicted molar refractivity (Wildman–Crippen MR) is 149 cm³/mol. The van der Waals surface area contributed by atoms with Gasteiger partial charge >= 0.3 is 0 Å². The SMILES string of the molecule is COC/C=C/C(=O)N1CCCC[C@H]1c1nc(-c2ccc(C(=O)Nc3cc(C)ccn3)cc2)c2c(N)nccn12. The lowest BCUT2D eigenvalue weighted by Crippen LogP contribution is -2.38. The summed E-state index contributed by atoms with van der Waals surface area (Å²) in [6, 6.07) is 10.6. The third kappa shape index (κ3) is 5.51. The summed E-state index contributed by atoms with van der Waals surface area (Å²) in [6.07, 6.45) is 11.1. The van der Waals surface area contributed by atoms with Gasteiger partial charge in [0.05, 0.1) is 12.6 Å². The second-order valence-electron chi connectivity index (χ2n) is 9.50. The number of nitrogen functional groups attached to an aromatic ring is 1. The van der Waals surface area contributed by atoms with Crippen LogP contribution >= 0.6 is 0 Å². The maximum absolute atomic E-state index is 13.1. The Morgan fingerprint density at radius 3 is 2.74 bits per heavy atom. The number of benzene rings is 1. The number of aryl methyl sites for hydroxylation is 1. The Morgan fingerprint density at radius 2 is 1.97 bits per heavy atom. The molecule has 39 heavy (non-hydrogen) atoms. The molecule has 0 radical (unpaired) electrons. The van der Waals surface area contributed by atoms with Crippen LogP contribution in [-0.4, -0.2) is 56.3 Å². The number of carbonyl (C=O) groups excluding carboxylic acids is 2. The van der Waals surface area contributed by atoms with E-state index in [0.29, 0.717) is 41.6 Å². The lowest BCUT2D eigenvalue weighted by Gasteiger charge is -2.34. The van der Waals surface area contributed by atoms with Crippen LogP contribution in [0, 0.1) is 6.92 Å². The van der Waals surface area contributed by atoms with Crippen molar-refractivity contribution < 1.29 is 14.3 Å². The molecule has 4 aromatic rings. The number of hydrogen-bond donors (Lipinski definition) is 2. The van der Waals surface area contributed by atoms with Gasteiger partial charge in [0, 0.05) is 49.4 Å². The second-order valence-corrected chi connectivity index (χ2v) is 9.50. The molecule has 1 aliphatic heterocycles. The molecule has 0 saturated carbocycles. The van der Waals surface area contributed by atoms with E-state index in [-0.39, 0.29) is 17.9 Å². The van der Waals surface area contributed by atoms with Crippen LogP contribution in [0.15, 0.2) is 67.1 Å². The Balaban J connectivity index is 1.47. The summed E-state index contributed by atoms with van der Waals surface area (Å²) in [4.78, 5) is 41.2. The summed E-state index contributed by atoms with van der Waals surface area (Å²) in [5, 5.41) is 2.83.